The summed E-state index contributed by atoms with van der Waals surface area (Å²) < 4.78 is 5.87. The van der Waals surface area contributed by atoms with Crippen molar-refractivity contribution >= 4 is 11.3 Å². The van der Waals surface area contributed by atoms with E-state index >= 15 is 0 Å². The minimum Gasteiger partial charge on any atom is -0.486 e. The largest absolute Gasteiger partial charge is 0.486 e. The second kappa shape index (κ2) is 5.64. The molecule has 0 saturated heterocycles. The Morgan fingerprint density at radius 1 is 1.40 bits per heavy atom. The van der Waals surface area contributed by atoms with Crippen LogP contribution in [-0.4, -0.2) is 4.98 Å². The van der Waals surface area contributed by atoms with E-state index in [-0.39, 0.29) is 0 Å². The number of ether oxygens (including phenoxy) is 1. The van der Waals surface area contributed by atoms with Crippen LogP contribution in [0.1, 0.15) is 46.8 Å². The molecule has 3 nitrogen and oxygen atoms in total. The van der Waals surface area contributed by atoms with Crippen LogP contribution in [0.25, 0.3) is 0 Å². The Kier molecular flexibility index (Phi) is 3.70. The van der Waals surface area contributed by atoms with Gasteiger partial charge in [0.05, 0.1) is 5.69 Å². The Balaban J connectivity index is 1.74. The van der Waals surface area contributed by atoms with Gasteiger partial charge in [0.1, 0.15) is 28.3 Å². The van der Waals surface area contributed by atoms with Crippen LogP contribution in [-0.2, 0) is 13.0 Å². The Morgan fingerprint density at radius 2 is 2.20 bits per heavy atom. The van der Waals surface area contributed by atoms with Crippen LogP contribution in [0, 0.1) is 11.3 Å². The highest BCUT2D eigenvalue weighted by Crippen LogP contribution is 2.42. The number of hydrogen-bond acceptors (Lipinski definition) is 4. The first-order chi connectivity index (χ1) is 9.81. The third-order valence-corrected chi connectivity index (χ3v) is 4.42. The number of aryl methyl sites for hydroxylation is 1. The normalized spacial score (nSPS) is 14.0. The van der Waals surface area contributed by atoms with E-state index < -0.39 is 0 Å². The van der Waals surface area contributed by atoms with Crippen LogP contribution in [0.15, 0.2) is 24.3 Å². The summed E-state index contributed by atoms with van der Waals surface area (Å²) in [6.07, 6.45) is 3.28. The summed E-state index contributed by atoms with van der Waals surface area (Å²) in [5.74, 6) is 1.43. The molecular formula is C16H16N2OS. The number of hydrogen-bond donors (Lipinski definition) is 0. The van der Waals surface area contributed by atoms with E-state index in [2.05, 4.69) is 24.0 Å². The van der Waals surface area contributed by atoms with E-state index in [1.165, 1.54) is 16.9 Å². The Hall–Kier alpha value is -1.86. The SMILES string of the molecule is CCc1ccccc1OCc1nc(C2CC2)c(C#N)s1. The number of rotatable bonds is 5. The maximum atomic E-state index is 9.16. The lowest BCUT2D eigenvalue weighted by atomic mass is 10.1. The average molecular weight is 284 g/mol. The molecule has 1 aliphatic carbocycles. The molecule has 3 rings (SSSR count). The van der Waals surface area contributed by atoms with Crippen LogP contribution in [0.3, 0.4) is 0 Å². The molecule has 1 fully saturated rings. The van der Waals surface area contributed by atoms with Crippen molar-refractivity contribution in [3.8, 4) is 11.8 Å². The summed E-state index contributed by atoms with van der Waals surface area (Å²) >= 11 is 1.46. The summed E-state index contributed by atoms with van der Waals surface area (Å²) in [6.45, 7) is 2.56. The molecule has 1 aromatic carbocycles. The van der Waals surface area contributed by atoms with E-state index in [1.54, 1.807) is 0 Å². The van der Waals surface area contributed by atoms with Crippen molar-refractivity contribution in [3.05, 3.63) is 45.4 Å². The lowest BCUT2D eigenvalue weighted by Gasteiger charge is -2.08. The van der Waals surface area contributed by atoms with Crippen molar-refractivity contribution in [3.63, 3.8) is 0 Å². The highest BCUT2D eigenvalue weighted by atomic mass is 32.1. The van der Waals surface area contributed by atoms with Crippen molar-refractivity contribution in [2.75, 3.05) is 0 Å². The number of aromatic nitrogens is 1. The maximum absolute atomic E-state index is 9.16. The van der Waals surface area contributed by atoms with Crippen molar-refractivity contribution in [1.82, 2.24) is 4.98 Å². The second-order valence-electron chi connectivity index (χ2n) is 4.96. The average Bonchev–Trinajstić information content (AvgIpc) is 3.25. The number of thiazole rings is 1. The highest BCUT2D eigenvalue weighted by Gasteiger charge is 2.29. The Labute approximate surface area is 122 Å². The first-order valence-electron chi connectivity index (χ1n) is 6.92. The summed E-state index contributed by atoms with van der Waals surface area (Å²) in [5.41, 5.74) is 2.19. The van der Waals surface area contributed by atoms with Gasteiger partial charge in [-0.15, -0.1) is 11.3 Å². The van der Waals surface area contributed by atoms with Crippen LogP contribution in [0.2, 0.25) is 0 Å². The molecule has 1 aliphatic rings. The molecule has 2 aromatic rings. The van der Waals surface area contributed by atoms with Crippen molar-refractivity contribution in [2.24, 2.45) is 0 Å². The summed E-state index contributed by atoms with van der Waals surface area (Å²) in [6, 6.07) is 10.3. The van der Waals surface area contributed by atoms with Crippen molar-refractivity contribution < 1.29 is 4.74 Å². The van der Waals surface area contributed by atoms with Gasteiger partial charge < -0.3 is 4.74 Å². The van der Waals surface area contributed by atoms with Crippen molar-refractivity contribution in [2.45, 2.75) is 38.7 Å². The van der Waals surface area contributed by atoms with Gasteiger partial charge in [-0.2, -0.15) is 5.26 Å². The zero-order valence-corrected chi connectivity index (χ0v) is 12.2. The monoisotopic (exact) mass is 284 g/mol. The predicted octanol–water partition coefficient (Wildman–Crippen LogP) is 4.03. The van der Waals surface area contributed by atoms with Crippen LogP contribution in [0.4, 0.5) is 0 Å². The molecule has 0 radical (unpaired) electrons. The molecule has 1 heterocycles. The molecule has 1 aromatic heterocycles. The van der Waals surface area contributed by atoms with Gasteiger partial charge in [-0.25, -0.2) is 4.98 Å². The van der Waals surface area contributed by atoms with Gasteiger partial charge in [0.2, 0.25) is 0 Å². The molecule has 0 atom stereocenters. The molecule has 0 unspecified atom stereocenters. The molecule has 20 heavy (non-hydrogen) atoms. The van der Waals surface area contributed by atoms with Gasteiger partial charge in [-0.05, 0) is 30.9 Å². The van der Waals surface area contributed by atoms with Gasteiger partial charge in [0, 0.05) is 5.92 Å². The molecule has 4 heteroatoms. The number of nitrogens with zero attached hydrogens (tertiary/aromatic N) is 2. The molecule has 1 saturated carbocycles. The third-order valence-electron chi connectivity index (χ3n) is 3.47. The fourth-order valence-corrected chi connectivity index (χ4v) is 3.09. The summed E-state index contributed by atoms with van der Waals surface area (Å²) in [7, 11) is 0. The second-order valence-corrected chi connectivity index (χ2v) is 6.04. The van der Waals surface area contributed by atoms with Gasteiger partial charge >= 0.3 is 0 Å². The van der Waals surface area contributed by atoms with Gasteiger partial charge in [-0.1, -0.05) is 25.1 Å². The number of nitriles is 1. The first kappa shape index (κ1) is 13.1. The van der Waals surface area contributed by atoms with E-state index in [4.69, 9.17) is 10.00 Å². The molecule has 0 N–H and O–H groups in total. The minimum atomic E-state index is 0.448. The third kappa shape index (κ3) is 2.68. The zero-order chi connectivity index (χ0) is 13.9. The quantitative estimate of drug-likeness (QED) is 0.832. The van der Waals surface area contributed by atoms with E-state index in [0.717, 1.165) is 40.6 Å². The summed E-state index contributed by atoms with van der Waals surface area (Å²) in [5, 5.41) is 10.1. The summed E-state index contributed by atoms with van der Waals surface area (Å²) in [4.78, 5) is 5.34. The lowest BCUT2D eigenvalue weighted by Crippen LogP contribution is -1.98. The molecule has 0 amide bonds. The topological polar surface area (TPSA) is 45.9 Å². The zero-order valence-electron chi connectivity index (χ0n) is 11.4. The maximum Gasteiger partial charge on any atom is 0.140 e. The molecule has 0 spiro atoms. The molecular weight excluding hydrogens is 268 g/mol. The minimum absolute atomic E-state index is 0.448. The molecule has 0 aliphatic heterocycles. The number of benzene rings is 1. The van der Waals surface area contributed by atoms with E-state index in [9.17, 15) is 0 Å². The van der Waals surface area contributed by atoms with Crippen molar-refractivity contribution in [1.29, 1.82) is 5.26 Å². The van der Waals surface area contributed by atoms with Crippen LogP contribution in [0.5, 0.6) is 5.75 Å². The predicted molar refractivity (Wildman–Crippen MR) is 79.0 cm³/mol. The van der Waals surface area contributed by atoms with Crippen LogP contribution >= 0.6 is 11.3 Å². The van der Waals surface area contributed by atoms with Gasteiger partial charge in [0.15, 0.2) is 0 Å². The lowest BCUT2D eigenvalue weighted by molar-refractivity contribution is 0.302. The standard InChI is InChI=1S/C16H16N2OS/c1-2-11-5-3-4-6-13(11)19-10-15-18-16(12-7-8-12)14(9-17)20-15/h3-6,12H,2,7-8,10H2,1H3. The van der Waals surface area contributed by atoms with Gasteiger partial charge in [-0.3, -0.25) is 0 Å². The van der Waals surface area contributed by atoms with E-state index in [1.807, 2.05) is 18.2 Å². The Morgan fingerprint density at radius 3 is 2.90 bits per heavy atom. The molecule has 102 valence electrons. The van der Waals surface area contributed by atoms with E-state index in [0.29, 0.717) is 12.5 Å². The van der Waals surface area contributed by atoms with Gasteiger partial charge in [0.25, 0.3) is 0 Å². The molecule has 0 bridgehead atoms. The van der Waals surface area contributed by atoms with Crippen LogP contribution < -0.4 is 4.74 Å². The number of para-hydroxylation sites is 1. The smallest absolute Gasteiger partial charge is 0.140 e. The fourth-order valence-electron chi connectivity index (χ4n) is 2.23. The fraction of sp³-hybridized carbons (Fsp3) is 0.375. The highest BCUT2D eigenvalue weighted by molar-refractivity contribution is 7.12. The Bertz CT molecular complexity index is 653. The first-order valence-corrected chi connectivity index (χ1v) is 7.74.